The first-order chi connectivity index (χ1) is 13.2. The maximum Gasteiger partial charge on any atom is 0.309 e. The molecule has 7 nitrogen and oxygen atoms in total. The van der Waals surface area contributed by atoms with E-state index in [1.807, 2.05) is 25.9 Å². The second-order valence-corrected chi connectivity index (χ2v) is 9.74. The summed E-state index contributed by atoms with van der Waals surface area (Å²) in [7, 11) is -0.0231. The largest absolute Gasteiger partial charge is 0.347 e. The van der Waals surface area contributed by atoms with Crippen molar-refractivity contribution in [3.63, 3.8) is 0 Å². The molecule has 0 aliphatic rings. The molecule has 0 unspecified atom stereocenters. The van der Waals surface area contributed by atoms with Gasteiger partial charge in [-0.3, -0.25) is 9.59 Å². The molecule has 9 heteroatoms. The molecule has 0 spiro atoms. The Hall–Kier alpha value is -2.23. The summed E-state index contributed by atoms with van der Waals surface area (Å²) in [5.41, 5.74) is 0.953. The Morgan fingerprint density at radius 1 is 1.07 bits per heavy atom. The number of carbonyl (C=O) groups is 2. The Labute approximate surface area is 169 Å². The monoisotopic (exact) mass is 423 g/mol. The Balaban J connectivity index is 2.11. The maximum absolute atomic E-state index is 13.1. The Morgan fingerprint density at radius 3 is 2.29 bits per heavy atom. The number of likely N-dealkylation sites (N-methyl/N-ethyl adjacent to an activating group) is 1. The number of nitrogens with one attached hydrogen (secondary N) is 2. The molecular weight excluding hydrogens is 398 g/mol. The molecule has 1 aromatic heterocycles. The zero-order valence-electron chi connectivity index (χ0n) is 16.1. The number of amides is 2. The molecule has 1 heterocycles. The highest BCUT2D eigenvalue weighted by Gasteiger charge is 2.31. The molecule has 0 aliphatic heterocycles. The Bertz CT molecular complexity index is 892. The summed E-state index contributed by atoms with van der Waals surface area (Å²) in [4.78, 5) is 26.6. The number of aryl methyl sites for hydroxylation is 1. The molecule has 0 fully saturated rings. The van der Waals surface area contributed by atoms with Crippen molar-refractivity contribution < 1.29 is 18.0 Å². The summed E-state index contributed by atoms with van der Waals surface area (Å²) >= 11 is 1.30. The van der Waals surface area contributed by atoms with Crippen LogP contribution in [0, 0.1) is 6.92 Å². The van der Waals surface area contributed by atoms with Crippen molar-refractivity contribution in [3.05, 3.63) is 52.2 Å². The highest BCUT2D eigenvalue weighted by Crippen LogP contribution is 2.31. The van der Waals surface area contributed by atoms with Crippen LogP contribution in [0.4, 0.5) is 0 Å². The summed E-state index contributed by atoms with van der Waals surface area (Å²) in [6.45, 7) is 2.62. The van der Waals surface area contributed by atoms with Gasteiger partial charge in [-0.1, -0.05) is 23.8 Å². The minimum atomic E-state index is -3.73. The summed E-state index contributed by atoms with van der Waals surface area (Å²) in [6.07, 6.45) is 0. The van der Waals surface area contributed by atoms with Crippen molar-refractivity contribution in [3.8, 4) is 0 Å². The SMILES string of the molecule is Cc1ccc(S(=O)(=O)[C@H](CNC(=O)C(=O)NCCN(C)C)c2cccs2)cc1. The van der Waals surface area contributed by atoms with Gasteiger partial charge in [0, 0.05) is 24.5 Å². The van der Waals surface area contributed by atoms with Gasteiger partial charge in [0.2, 0.25) is 0 Å². The minimum Gasteiger partial charge on any atom is -0.347 e. The van der Waals surface area contributed by atoms with E-state index in [-0.39, 0.29) is 11.4 Å². The van der Waals surface area contributed by atoms with Crippen molar-refractivity contribution in [2.24, 2.45) is 0 Å². The van der Waals surface area contributed by atoms with Gasteiger partial charge in [0.05, 0.1) is 4.90 Å². The zero-order chi connectivity index (χ0) is 20.7. The van der Waals surface area contributed by atoms with Crippen LogP contribution in [0.5, 0.6) is 0 Å². The van der Waals surface area contributed by atoms with E-state index in [2.05, 4.69) is 10.6 Å². The molecule has 2 rings (SSSR count). The summed E-state index contributed by atoms with van der Waals surface area (Å²) in [6, 6.07) is 10.0. The van der Waals surface area contributed by atoms with E-state index in [9.17, 15) is 18.0 Å². The summed E-state index contributed by atoms with van der Waals surface area (Å²) < 4.78 is 26.2. The van der Waals surface area contributed by atoms with Crippen molar-refractivity contribution in [2.45, 2.75) is 17.1 Å². The highest BCUT2D eigenvalue weighted by molar-refractivity contribution is 7.91. The van der Waals surface area contributed by atoms with Gasteiger partial charge in [-0.25, -0.2) is 8.42 Å². The van der Waals surface area contributed by atoms with Crippen LogP contribution in [0.1, 0.15) is 15.7 Å². The fraction of sp³-hybridized carbons (Fsp3) is 0.368. The fourth-order valence-electron chi connectivity index (χ4n) is 2.47. The highest BCUT2D eigenvalue weighted by atomic mass is 32.2. The normalized spacial score (nSPS) is 12.6. The first-order valence-corrected chi connectivity index (χ1v) is 11.2. The smallest absolute Gasteiger partial charge is 0.309 e. The number of nitrogens with zero attached hydrogens (tertiary/aromatic N) is 1. The number of sulfone groups is 1. The molecule has 2 amide bonds. The third-order valence-electron chi connectivity index (χ3n) is 4.08. The lowest BCUT2D eigenvalue weighted by atomic mass is 10.2. The average molecular weight is 424 g/mol. The lowest BCUT2D eigenvalue weighted by Crippen LogP contribution is -2.43. The molecule has 0 saturated heterocycles. The molecular formula is C19H25N3O4S2. The third kappa shape index (κ3) is 5.88. The zero-order valence-corrected chi connectivity index (χ0v) is 17.8. The summed E-state index contributed by atoms with van der Waals surface area (Å²) in [5.74, 6) is -1.63. The third-order valence-corrected chi connectivity index (χ3v) is 7.32. The van der Waals surface area contributed by atoms with Crippen LogP contribution >= 0.6 is 11.3 Å². The quantitative estimate of drug-likeness (QED) is 0.625. The van der Waals surface area contributed by atoms with Crippen LogP contribution in [0.25, 0.3) is 0 Å². The van der Waals surface area contributed by atoms with Crippen LogP contribution < -0.4 is 10.6 Å². The number of hydrogen-bond donors (Lipinski definition) is 2. The molecule has 152 valence electrons. The van der Waals surface area contributed by atoms with E-state index in [0.29, 0.717) is 18.0 Å². The molecule has 2 aromatic rings. The number of hydrogen-bond acceptors (Lipinski definition) is 6. The van der Waals surface area contributed by atoms with Gasteiger partial charge >= 0.3 is 11.8 Å². The second kappa shape index (κ2) is 9.81. The van der Waals surface area contributed by atoms with Gasteiger partial charge in [0.15, 0.2) is 9.84 Å². The molecule has 1 aromatic carbocycles. The van der Waals surface area contributed by atoms with Gasteiger partial charge in [0.1, 0.15) is 5.25 Å². The topological polar surface area (TPSA) is 95.6 Å². The van der Waals surface area contributed by atoms with Crippen LogP contribution in [0.15, 0.2) is 46.7 Å². The van der Waals surface area contributed by atoms with Gasteiger partial charge in [-0.2, -0.15) is 0 Å². The molecule has 2 N–H and O–H groups in total. The first-order valence-electron chi connectivity index (χ1n) is 8.76. The average Bonchev–Trinajstić information content (AvgIpc) is 3.15. The van der Waals surface area contributed by atoms with E-state index in [4.69, 9.17) is 0 Å². The fourth-order valence-corrected chi connectivity index (χ4v) is 5.25. The Morgan fingerprint density at radius 2 is 1.71 bits per heavy atom. The van der Waals surface area contributed by atoms with Crippen LogP contribution in [0.2, 0.25) is 0 Å². The molecule has 1 atom stereocenters. The van der Waals surface area contributed by atoms with Crippen molar-refractivity contribution >= 4 is 33.0 Å². The van der Waals surface area contributed by atoms with E-state index in [1.54, 1.807) is 41.8 Å². The molecule has 0 saturated carbocycles. The first kappa shape index (κ1) is 22.1. The van der Waals surface area contributed by atoms with Crippen molar-refractivity contribution in [2.75, 3.05) is 33.7 Å². The van der Waals surface area contributed by atoms with Crippen LogP contribution in [-0.2, 0) is 19.4 Å². The van der Waals surface area contributed by atoms with Gasteiger partial charge in [-0.15, -0.1) is 11.3 Å². The van der Waals surface area contributed by atoms with Crippen molar-refractivity contribution in [1.82, 2.24) is 15.5 Å². The van der Waals surface area contributed by atoms with Crippen molar-refractivity contribution in [1.29, 1.82) is 0 Å². The van der Waals surface area contributed by atoms with E-state index < -0.39 is 26.9 Å². The second-order valence-electron chi connectivity index (χ2n) is 6.63. The van der Waals surface area contributed by atoms with Gasteiger partial charge < -0.3 is 15.5 Å². The molecule has 0 bridgehead atoms. The van der Waals surface area contributed by atoms with E-state index in [1.165, 1.54) is 11.3 Å². The standard InChI is InChI=1S/C19H25N3O4S2/c1-14-6-8-15(9-7-14)28(25,26)17(16-5-4-12-27-16)13-21-19(24)18(23)20-10-11-22(2)3/h4-9,12,17H,10-11,13H2,1-3H3,(H,20,23)(H,21,24)/t17-/m1/s1. The maximum atomic E-state index is 13.1. The number of carbonyl (C=O) groups excluding carboxylic acids is 2. The lowest BCUT2D eigenvalue weighted by molar-refractivity contribution is -0.139. The van der Waals surface area contributed by atoms with Gasteiger partial charge in [0.25, 0.3) is 0 Å². The van der Waals surface area contributed by atoms with Crippen LogP contribution in [0.3, 0.4) is 0 Å². The molecule has 28 heavy (non-hydrogen) atoms. The summed E-state index contributed by atoms with van der Waals surface area (Å²) in [5, 5.41) is 5.78. The van der Waals surface area contributed by atoms with E-state index in [0.717, 1.165) is 5.56 Å². The predicted molar refractivity (Wildman–Crippen MR) is 110 cm³/mol. The number of benzene rings is 1. The minimum absolute atomic E-state index is 0.182. The lowest BCUT2D eigenvalue weighted by Gasteiger charge is -2.17. The number of rotatable bonds is 8. The predicted octanol–water partition coefficient (Wildman–Crippen LogP) is 1.37. The van der Waals surface area contributed by atoms with Gasteiger partial charge in [-0.05, 0) is 44.6 Å². The van der Waals surface area contributed by atoms with Crippen LogP contribution in [-0.4, -0.2) is 58.9 Å². The van der Waals surface area contributed by atoms with E-state index >= 15 is 0 Å². The number of thiophene rings is 1. The Kier molecular flexibility index (Phi) is 7.73. The molecule has 0 radical (unpaired) electrons. The molecule has 0 aliphatic carbocycles.